The molecule has 2 aromatic carbocycles. The molecule has 0 unspecified atom stereocenters. The maximum absolute atomic E-state index is 13.6. The number of aromatic amines is 1. The maximum Gasteiger partial charge on any atom is 0.277 e. The van der Waals surface area contributed by atoms with Crippen LogP contribution in [-0.4, -0.2) is 26.3 Å². The van der Waals surface area contributed by atoms with E-state index in [9.17, 15) is 9.18 Å². The van der Waals surface area contributed by atoms with Crippen molar-refractivity contribution in [1.29, 1.82) is 0 Å². The number of aromatic nitrogens is 3. The molecule has 0 radical (unpaired) electrons. The lowest BCUT2D eigenvalue weighted by Gasteiger charge is -2.10. The zero-order chi connectivity index (χ0) is 19.7. The minimum Gasteiger partial charge on any atom is -0.411 e. The molecule has 0 fully saturated rings. The van der Waals surface area contributed by atoms with E-state index >= 15 is 0 Å². The number of rotatable bonds is 5. The van der Waals surface area contributed by atoms with Gasteiger partial charge < -0.3 is 14.7 Å². The Morgan fingerprint density at radius 3 is 2.89 bits per heavy atom. The average molecular weight is 396 g/mol. The summed E-state index contributed by atoms with van der Waals surface area (Å²) in [6, 6.07) is 12.4. The predicted octanol–water partition coefficient (Wildman–Crippen LogP) is 4.78. The summed E-state index contributed by atoms with van der Waals surface area (Å²) >= 11 is 1.15. The van der Waals surface area contributed by atoms with E-state index < -0.39 is 5.25 Å². The third kappa shape index (κ3) is 3.63. The van der Waals surface area contributed by atoms with Crippen LogP contribution in [0.25, 0.3) is 22.4 Å². The fraction of sp³-hybridized carbons (Fsp3) is 0.150. The molecule has 2 N–H and O–H groups in total. The van der Waals surface area contributed by atoms with Crippen molar-refractivity contribution in [3.05, 3.63) is 60.0 Å². The van der Waals surface area contributed by atoms with Crippen LogP contribution in [0.5, 0.6) is 0 Å². The monoisotopic (exact) mass is 396 g/mol. The molecule has 6 nitrogen and oxygen atoms in total. The van der Waals surface area contributed by atoms with Gasteiger partial charge in [0.1, 0.15) is 5.82 Å². The fourth-order valence-electron chi connectivity index (χ4n) is 2.73. The number of amides is 1. The second kappa shape index (κ2) is 7.47. The third-order valence-electron chi connectivity index (χ3n) is 4.31. The Hall–Kier alpha value is -3.13. The lowest BCUT2D eigenvalue weighted by Crippen LogP contribution is -2.22. The first kappa shape index (κ1) is 18.2. The summed E-state index contributed by atoms with van der Waals surface area (Å²) in [6.07, 6.45) is 1.81. The SMILES string of the molecule is Cc1ccc(NC(=O)[C@@H](C)Sc2nnc(-c3c[nH]c4ccccc34)o2)cc1F. The second-order valence-electron chi connectivity index (χ2n) is 6.33. The van der Waals surface area contributed by atoms with Crippen molar-refractivity contribution < 1.29 is 13.6 Å². The number of thioether (sulfide) groups is 1. The predicted molar refractivity (Wildman–Crippen MR) is 107 cm³/mol. The van der Waals surface area contributed by atoms with Crippen LogP contribution >= 0.6 is 11.8 Å². The van der Waals surface area contributed by atoms with Gasteiger partial charge in [0, 0.05) is 22.8 Å². The minimum atomic E-state index is -0.499. The van der Waals surface area contributed by atoms with Crippen molar-refractivity contribution in [1.82, 2.24) is 15.2 Å². The van der Waals surface area contributed by atoms with Gasteiger partial charge in [0.15, 0.2) is 0 Å². The Bertz CT molecular complexity index is 1150. The standard InChI is InChI=1S/C20H17FN4O2S/c1-11-7-8-13(9-16(11)21)23-18(26)12(2)28-20-25-24-19(27-20)15-10-22-17-6-4-3-5-14(15)17/h3-10,12,22H,1-2H3,(H,23,26)/t12-/m1/s1. The molecule has 0 bridgehead atoms. The number of nitrogens with zero attached hydrogens (tertiary/aromatic N) is 2. The first-order valence-electron chi connectivity index (χ1n) is 8.65. The molecule has 1 atom stereocenters. The molecule has 0 saturated heterocycles. The van der Waals surface area contributed by atoms with Gasteiger partial charge in [0.2, 0.25) is 5.91 Å². The Balaban J connectivity index is 1.45. The highest BCUT2D eigenvalue weighted by molar-refractivity contribution is 8.00. The van der Waals surface area contributed by atoms with Crippen LogP contribution in [0.15, 0.2) is 58.3 Å². The topological polar surface area (TPSA) is 83.8 Å². The summed E-state index contributed by atoms with van der Waals surface area (Å²) < 4.78 is 19.4. The molecule has 0 aliphatic heterocycles. The van der Waals surface area contributed by atoms with Gasteiger partial charge >= 0.3 is 0 Å². The molecule has 4 aromatic rings. The lowest BCUT2D eigenvalue weighted by molar-refractivity contribution is -0.115. The molecule has 8 heteroatoms. The molecule has 28 heavy (non-hydrogen) atoms. The van der Waals surface area contributed by atoms with Crippen LogP contribution in [0, 0.1) is 12.7 Å². The number of para-hydroxylation sites is 1. The average Bonchev–Trinajstić information content (AvgIpc) is 3.31. The van der Waals surface area contributed by atoms with Crippen LogP contribution in [0.1, 0.15) is 12.5 Å². The van der Waals surface area contributed by atoms with E-state index in [1.807, 2.05) is 30.5 Å². The van der Waals surface area contributed by atoms with E-state index in [0.29, 0.717) is 17.1 Å². The van der Waals surface area contributed by atoms with Gasteiger partial charge in [0.25, 0.3) is 11.1 Å². The molecule has 0 aliphatic rings. The summed E-state index contributed by atoms with van der Waals surface area (Å²) in [6.45, 7) is 3.39. The summed E-state index contributed by atoms with van der Waals surface area (Å²) in [7, 11) is 0. The van der Waals surface area contributed by atoms with E-state index in [1.54, 1.807) is 26.0 Å². The normalized spacial score (nSPS) is 12.2. The van der Waals surface area contributed by atoms with Gasteiger partial charge in [0.05, 0.1) is 10.8 Å². The number of halogens is 1. The second-order valence-corrected chi connectivity index (χ2v) is 7.63. The quantitative estimate of drug-likeness (QED) is 0.474. The Kier molecular flexibility index (Phi) is 4.87. The highest BCUT2D eigenvalue weighted by atomic mass is 32.2. The molecule has 2 heterocycles. The van der Waals surface area contributed by atoms with Crippen molar-refractivity contribution in [2.75, 3.05) is 5.32 Å². The van der Waals surface area contributed by atoms with Crippen LogP contribution in [-0.2, 0) is 4.79 Å². The molecular formula is C20H17FN4O2S. The summed E-state index contributed by atoms with van der Waals surface area (Å²) in [4.78, 5) is 15.5. The number of hydrogen-bond acceptors (Lipinski definition) is 5. The molecule has 0 spiro atoms. The van der Waals surface area contributed by atoms with Crippen molar-refractivity contribution in [3.63, 3.8) is 0 Å². The van der Waals surface area contributed by atoms with Crippen molar-refractivity contribution in [3.8, 4) is 11.5 Å². The number of fused-ring (bicyclic) bond motifs is 1. The molecular weight excluding hydrogens is 379 g/mol. The van der Waals surface area contributed by atoms with Gasteiger partial charge in [-0.3, -0.25) is 4.79 Å². The molecule has 0 saturated carbocycles. The fourth-order valence-corrected chi connectivity index (χ4v) is 3.42. The number of benzene rings is 2. The highest BCUT2D eigenvalue weighted by Gasteiger charge is 2.20. The van der Waals surface area contributed by atoms with Gasteiger partial charge in [-0.05, 0) is 37.6 Å². The molecule has 2 aromatic heterocycles. The minimum absolute atomic E-state index is 0.278. The largest absolute Gasteiger partial charge is 0.411 e. The van der Waals surface area contributed by atoms with Crippen LogP contribution in [0.3, 0.4) is 0 Å². The van der Waals surface area contributed by atoms with Gasteiger partial charge in [-0.1, -0.05) is 36.0 Å². The number of nitrogens with one attached hydrogen (secondary N) is 2. The first-order valence-corrected chi connectivity index (χ1v) is 9.53. The van der Waals surface area contributed by atoms with Crippen LogP contribution in [0.4, 0.5) is 10.1 Å². The number of aryl methyl sites for hydroxylation is 1. The molecule has 0 aliphatic carbocycles. The number of carbonyl (C=O) groups is 1. The highest BCUT2D eigenvalue weighted by Crippen LogP contribution is 2.31. The van der Waals surface area contributed by atoms with E-state index in [0.717, 1.165) is 28.2 Å². The van der Waals surface area contributed by atoms with Crippen LogP contribution in [0.2, 0.25) is 0 Å². The summed E-state index contributed by atoms with van der Waals surface area (Å²) in [5.74, 6) is -0.258. The number of carbonyl (C=O) groups excluding carboxylic acids is 1. The van der Waals surface area contributed by atoms with Crippen LogP contribution < -0.4 is 5.32 Å². The van der Waals surface area contributed by atoms with E-state index in [4.69, 9.17) is 4.42 Å². The number of H-pyrrole nitrogens is 1. The lowest BCUT2D eigenvalue weighted by atomic mass is 10.2. The zero-order valence-corrected chi connectivity index (χ0v) is 16.0. The summed E-state index contributed by atoms with van der Waals surface area (Å²) in [5.41, 5.74) is 2.71. The summed E-state index contributed by atoms with van der Waals surface area (Å²) in [5, 5.41) is 11.6. The van der Waals surface area contributed by atoms with E-state index in [2.05, 4.69) is 20.5 Å². The third-order valence-corrected chi connectivity index (χ3v) is 5.25. The van der Waals surface area contributed by atoms with E-state index in [1.165, 1.54) is 6.07 Å². The van der Waals surface area contributed by atoms with Gasteiger partial charge in [-0.25, -0.2) is 4.39 Å². The van der Waals surface area contributed by atoms with Crippen molar-refractivity contribution >= 4 is 34.3 Å². The molecule has 142 valence electrons. The van der Waals surface area contributed by atoms with E-state index in [-0.39, 0.29) is 16.9 Å². The molecule has 4 rings (SSSR count). The van der Waals surface area contributed by atoms with Crippen molar-refractivity contribution in [2.24, 2.45) is 0 Å². The van der Waals surface area contributed by atoms with Gasteiger partial charge in [-0.15, -0.1) is 10.2 Å². The maximum atomic E-state index is 13.6. The zero-order valence-electron chi connectivity index (χ0n) is 15.2. The Morgan fingerprint density at radius 2 is 2.07 bits per heavy atom. The number of hydrogen-bond donors (Lipinski definition) is 2. The molecule has 1 amide bonds. The first-order chi connectivity index (χ1) is 13.5. The van der Waals surface area contributed by atoms with Gasteiger partial charge in [-0.2, -0.15) is 0 Å². The smallest absolute Gasteiger partial charge is 0.277 e. The number of anilines is 1. The van der Waals surface area contributed by atoms with Crippen molar-refractivity contribution in [2.45, 2.75) is 24.3 Å². The Labute approximate surface area is 164 Å². The Morgan fingerprint density at radius 1 is 1.25 bits per heavy atom.